The lowest BCUT2D eigenvalue weighted by Crippen LogP contribution is -2.13. The van der Waals surface area contributed by atoms with Gasteiger partial charge in [0.05, 0.1) is 5.02 Å². The van der Waals surface area contributed by atoms with Gasteiger partial charge in [-0.15, -0.1) is 0 Å². The van der Waals surface area contributed by atoms with Gasteiger partial charge >= 0.3 is 0 Å². The van der Waals surface area contributed by atoms with E-state index in [1.165, 1.54) is 5.56 Å². The van der Waals surface area contributed by atoms with Gasteiger partial charge in [0, 0.05) is 12.2 Å². The Morgan fingerprint density at radius 2 is 1.93 bits per heavy atom. The van der Waals surface area contributed by atoms with Gasteiger partial charge in [0.25, 0.3) is 0 Å². The molecule has 0 atom stereocenters. The van der Waals surface area contributed by atoms with Gasteiger partial charge in [0.2, 0.25) is 0 Å². The van der Waals surface area contributed by atoms with Crippen molar-refractivity contribution >= 4 is 17.4 Å². The van der Waals surface area contributed by atoms with Gasteiger partial charge in [-0.1, -0.05) is 25.4 Å². The van der Waals surface area contributed by atoms with Crippen molar-refractivity contribution in [2.45, 2.75) is 39.7 Å². The molecule has 0 spiro atoms. The van der Waals surface area contributed by atoms with E-state index in [4.69, 9.17) is 11.6 Å². The highest BCUT2D eigenvalue weighted by atomic mass is 35.5. The summed E-state index contributed by atoms with van der Waals surface area (Å²) < 4.78 is 0. The van der Waals surface area contributed by atoms with Gasteiger partial charge in [-0.25, -0.2) is 4.98 Å². The maximum Gasteiger partial charge on any atom is 0.129 e. The predicted octanol–water partition coefficient (Wildman–Crippen LogP) is 3.68. The van der Waals surface area contributed by atoms with Gasteiger partial charge < -0.3 is 5.32 Å². The smallest absolute Gasteiger partial charge is 0.129 e. The van der Waals surface area contributed by atoms with Crippen LogP contribution in [0.5, 0.6) is 0 Å². The molecule has 78 valence electrons. The molecular weight excluding hydrogens is 196 g/mol. The molecule has 0 bridgehead atoms. The lowest BCUT2D eigenvalue weighted by molar-refractivity contribution is 0.834. The first kappa shape index (κ1) is 11.3. The van der Waals surface area contributed by atoms with Crippen LogP contribution in [-0.2, 0) is 0 Å². The Morgan fingerprint density at radius 3 is 2.43 bits per heavy atom. The molecule has 1 N–H and O–H groups in total. The fraction of sp³-hybridized carbons (Fsp3) is 0.545. The van der Waals surface area contributed by atoms with Crippen molar-refractivity contribution in [3.8, 4) is 0 Å². The minimum absolute atomic E-state index is 0.390. The fourth-order valence-corrected chi connectivity index (χ4v) is 1.46. The number of anilines is 1. The summed E-state index contributed by atoms with van der Waals surface area (Å²) in [5.74, 6) is 1.38. The molecule has 3 heteroatoms. The quantitative estimate of drug-likeness (QED) is 0.827. The number of hydrogen-bond donors (Lipinski definition) is 1. The largest absolute Gasteiger partial charge is 0.368 e. The number of pyridine rings is 1. The number of aromatic nitrogens is 1. The Kier molecular flexibility index (Phi) is 3.76. The predicted molar refractivity (Wildman–Crippen MR) is 62.1 cm³/mol. The molecule has 0 aliphatic carbocycles. The molecular formula is C11H17ClN2. The van der Waals surface area contributed by atoms with E-state index in [9.17, 15) is 0 Å². The van der Waals surface area contributed by atoms with E-state index in [0.717, 1.165) is 5.82 Å². The summed E-state index contributed by atoms with van der Waals surface area (Å²) in [5, 5.41) is 4.01. The standard InChI is InChI=1S/C11H17ClN2/c1-7(2)10-5-9(12)6-13-11(10)14-8(3)4/h5-8H,1-4H3,(H,13,14). The molecule has 1 aromatic heterocycles. The molecule has 0 aromatic carbocycles. The fourth-order valence-electron chi connectivity index (χ4n) is 1.29. The van der Waals surface area contributed by atoms with Crippen LogP contribution in [-0.4, -0.2) is 11.0 Å². The van der Waals surface area contributed by atoms with Crippen molar-refractivity contribution in [2.75, 3.05) is 5.32 Å². The van der Waals surface area contributed by atoms with Crippen LogP contribution in [0.15, 0.2) is 12.3 Å². The Hall–Kier alpha value is -0.760. The molecule has 1 rings (SSSR count). The number of halogens is 1. The Morgan fingerprint density at radius 1 is 1.29 bits per heavy atom. The normalized spacial score (nSPS) is 11.1. The summed E-state index contributed by atoms with van der Waals surface area (Å²) in [4.78, 5) is 4.30. The molecule has 0 aliphatic heterocycles. The third-order valence-corrected chi connectivity index (χ3v) is 2.14. The molecule has 1 heterocycles. The maximum absolute atomic E-state index is 5.91. The van der Waals surface area contributed by atoms with E-state index < -0.39 is 0 Å². The zero-order valence-electron chi connectivity index (χ0n) is 9.13. The number of nitrogens with one attached hydrogen (secondary N) is 1. The van der Waals surface area contributed by atoms with Crippen LogP contribution in [0.1, 0.15) is 39.2 Å². The van der Waals surface area contributed by atoms with Crippen molar-refractivity contribution in [2.24, 2.45) is 0 Å². The first-order chi connectivity index (χ1) is 6.50. The highest BCUT2D eigenvalue weighted by Gasteiger charge is 2.09. The number of hydrogen-bond acceptors (Lipinski definition) is 2. The SMILES string of the molecule is CC(C)Nc1ncc(Cl)cc1C(C)C. The van der Waals surface area contributed by atoms with E-state index in [0.29, 0.717) is 17.0 Å². The van der Waals surface area contributed by atoms with Gasteiger partial charge in [-0.05, 0) is 31.4 Å². The summed E-state index contributed by atoms with van der Waals surface area (Å²) in [6.07, 6.45) is 1.68. The van der Waals surface area contributed by atoms with Crippen LogP contribution in [0.4, 0.5) is 5.82 Å². The molecule has 0 saturated carbocycles. The molecule has 0 amide bonds. The molecule has 0 aliphatic rings. The topological polar surface area (TPSA) is 24.9 Å². The first-order valence-corrected chi connectivity index (χ1v) is 5.30. The second-order valence-corrected chi connectivity index (χ2v) is 4.48. The molecule has 1 aromatic rings. The van der Waals surface area contributed by atoms with Crippen LogP contribution in [0.25, 0.3) is 0 Å². The Balaban J connectivity index is 3.02. The molecule has 14 heavy (non-hydrogen) atoms. The monoisotopic (exact) mass is 212 g/mol. The average Bonchev–Trinajstić information content (AvgIpc) is 2.07. The Bertz CT molecular complexity index is 308. The molecule has 0 radical (unpaired) electrons. The lowest BCUT2D eigenvalue weighted by Gasteiger charge is -2.15. The average molecular weight is 213 g/mol. The van der Waals surface area contributed by atoms with Crippen LogP contribution < -0.4 is 5.32 Å². The minimum Gasteiger partial charge on any atom is -0.368 e. The molecule has 0 unspecified atom stereocenters. The molecule has 2 nitrogen and oxygen atoms in total. The Labute approximate surface area is 90.7 Å². The van der Waals surface area contributed by atoms with Gasteiger partial charge in [-0.2, -0.15) is 0 Å². The van der Waals surface area contributed by atoms with Crippen molar-refractivity contribution < 1.29 is 0 Å². The van der Waals surface area contributed by atoms with Crippen molar-refractivity contribution in [3.05, 3.63) is 22.8 Å². The van der Waals surface area contributed by atoms with E-state index in [1.807, 2.05) is 6.07 Å². The third kappa shape index (κ3) is 2.88. The summed E-state index contributed by atoms with van der Waals surface area (Å²) in [6.45, 7) is 8.47. The zero-order chi connectivity index (χ0) is 10.7. The summed E-state index contributed by atoms with van der Waals surface area (Å²) >= 11 is 5.91. The van der Waals surface area contributed by atoms with Gasteiger partial charge in [0.15, 0.2) is 0 Å². The van der Waals surface area contributed by atoms with E-state index in [2.05, 4.69) is 38.0 Å². The van der Waals surface area contributed by atoms with Crippen molar-refractivity contribution in [3.63, 3.8) is 0 Å². The van der Waals surface area contributed by atoms with Crippen LogP contribution in [0.2, 0.25) is 5.02 Å². The highest BCUT2D eigenvalue weighted by molar-refractivity contribution is 6.30. The highest BCUT2D eigenvalue weighted by Crippen LogP contribution is 2.25. The summed E-state index contributed by atoms with van der Waals surface area (Å²) in [5.41, 5.74) is 1.17. The van der Waals surface area contributed by atoms with Crippen LogP contribution in [0.3, 0.4) is 0 Å². The summed E-state index contributed by atoms with van der Waals surface area (Å²) in [6, 6.07) is 2.37. The number of rotatable bonds is 3. The third-order valence-electron chi connectivity index (χ3n) is 1.93. The van der Waals surface area contributed by atoms with E-state index >= 15 is 0 Å². The summed E-state index contributed by atoms with van der Waals surface area (Å²) in [7, 11) is 0. The van der Waals surface area contributed by atoms with Gasteiger partial charge in [-0.3, -0.25) is 0 Å². The van der Waals surface area contributed by atoms with E-state index in [-0.39, 0.29) is 0 Å². The first-order valence-electron chi connectivity index (χ1n) is 4.92. The van der Waals surface area contributed by atoms with Crippen LogP contribution in [0, 0.1) is 0 Å². The second kappa shape index (κ2) is 4.65. The second-order valence-electron chi connectivity index (χ2n) is 4.05. The maximum atomic E-state index is 5.91. The molecule has 0 saturated heterocycles. The van der Waals surface area contributed by atoms with Crippen molar-refractivity contribution in [1.82, 2.24) is 4.98 Å². The van der Waals surface area contributed by atoms with Crippen LogP contribution >= 0.6 is 11.6 Å². The number of nitrogens with zero attached hydrogens (tertiary/aromatic N) is 1. The van der Waals surface area contributed by atoms with Crippen molar-refractivity contribution in [1.29, 1.82) is 0 Å². The van der Waals surface area contributed by atoms with E-state index in [1.54, 1.807) is 6.20 Å². The lowest BCUT2D eigenvalue weighted by atomic mass is 10.0. The zero-order valence-corrected chi connectivity index (χ0v) is 9.89. The minimum atomic E-state index is 0.390. The molecule has 0 fully saturated rings. The van der Waals surface area contributed by atoms with Gasteiger partial charge in [0.1, 0.15) is 5.82 Å².